The lowest BCUT2D eigenvalue weighted by molar-refractivity contribution is -0.145. The Morgan fingerprint density at radius 1 is 1.47 bits per heavy atom. The van der Waals surface area contributed by atoms with Crippen molar-refractivity contribution >= 4 is 11.8 Å². The van der Waals surface area contributed by atoms with E-state index < -0.39 is 0 Å². The van der Waals surface area contributed by atoms with Crippen molar-refractivity contribution in [3.8, 4) is 0 Å². The molecule has 2 fully saturated rings. The molecule has 1 N–H and O–H groups in total. The number of amides is 2. The zero-order valence-electron chi connectivity index (χ0n) is 9.03. The fourth-order valence-corrected chi connectivity index (χ4v) is 2.06. The maximum absolute atomic E-state index is 11.9. The van der Waals surface area contributed by atoms with Gasteiger partial charge in [-0.3, -0.25) is 9.59 Å². The van der Waals surface area contributed by atoms with Crippen LogP contribution in [-0.4, -0.2) is 60.9 Å². The fraction of sp³-hybridized carbons (Fsp3) is 0.800. The van der Waals surface area contributed by atoms with Gasteiger partial charge in [-0.2, -0.15) is 0 Å². The SMILES string of the molecule is CN1CCN(C(=O)[C@H]2CCCN2)CC1=O. The van der Waals surface area contributed by atoms with Crippen molar-refractivity contribution in [1.29, 1.82) is 0 Å². The van der Waals surface area contributed by atoms with Gasteiger partial charge in [0.1, 0.15) is 0 Å². The van der Waals surface area contributed by atoms with Gasteiger partial charge >= 0.3 is 0 Å². The van der Waals surface area contributed by atoms with Gasteiger partial charge in [0.2, 0.25) is 11.8 Å². The first-order chi connectivity index (χ1) is 7.18. The molecule has 0 radical (unpaired) electrons. The molecule has 1 atom stereocenters. The topological polar surface area (TPSA) is 52.6 Å². The van der Waals surface area contributed by atoms with Crippen LogP contribution < -0.4 is 5.32 Å². The van der Waals surface area contributed by atoms with E-state index in [4.69, 9.17) is 0 Å². The number of carbonyl (C=O) groups excluding carboxylic acids is 2. The number of carbonyl (C=O) groups is 2. The molecule has 84 valence electrons. The van der Waals surface area contributed by atoms with Gasteiger partial charge in [-0.25, -0.2) is 0 Å². The van der Waals surface area contributed by atoms with Gasteiger partial charge in [0, 0.05) is 20.1 Å². The molecule has 0 unspecified atom stereocenters. The largest absolute Gasteiger partial charge is 0.342 e. The Labute approximate surface area is 89.4 Å². The molecule has 0 aromatic heterocycles. The lowest BCUT2D eigenvalue weighted by Crippen LogP contribution is -2.54. The molecule has 2 rings (SSSR count). The number of nitrogens with zero attached hydrogens (tertiary/aromatic N) is 2. The second-order valence-electron chi connectivity index (χ2n) is 4.22. The maximum Gasteiger partial charge on any atom is 0.241 e. The number of rotatable bonds is 1. The van der Waals surface area contributed by atoms with E-state index >= 15 is 0 Å². The highest BCUT2D eigenvalue weighted by molar-refractivity contribution is 5.88. The van der Waals surface area contributed by atoms with Gasteiger partial charge < -0.3 is 15.1 Å². The highest BCUT2D eigenvalue weighted by Gasteiger charge is 2.30. The number of hydrogen-bond donors (Lipinski definition) is 1. The van der Waals surface area contributed by atoms with Crippen LogP contribution in [0.15, 0.2) is 0 Å². The predicted octanol–water partition coefficient (Wildman–Crippen LogP) is -0.961. The fourth-order valence-electron chi connectivity index (χ4n) is 2.06. The molecule has 2 amide bonds. The summed E-state index contributed by atoms with van der Waals surface area (Å²) >= 11 is 0. The molecule has 2 aliphatic heterocycles. The molecule has 15 heavy (non-hydrogen) atoms. The summed E-state index contributed by atoms with van der Waals surface area (Å²) in [6.07, 6.45) is 1.96. The van der Waals surface area contributed by atoms with Crippen LogP contribution in [0.2, 0.25) is 0 Å². The summed E-state index contributed by atoms with van der Waals surface area (Å²) in [5, 5.41) is 3.16. The van der Waals surface area contributed by atoms with Crippen LogP contribution in [0.3, 0.4) is 0 Å². The Hall–Kier alpha value is -1.10. The van der Waals surface area contributed by atoms with E-state index in [2.05, 4.69) is 5.32 Å². The molecular formula is C10H17N3O2. The molecule has 0 bridgehead atoms. The average Bonchev–Trinajstić information content (AvgIpc) is 2.74. The lowest BCUT2D eigenvalue weighted by Gasteiger charge is -2.33. The molecule has 0 aliphatic carbocycles. The Morgan fingerprint density at radius 2 is 2.27 bits per heavy atom. The first-order valence-corrected chi connectivity index (χ1v) is 5.44. The molecule has 2 heterocycles. The van der Waals surface area contributed by atoms with Crippen molar-refractivity contribution in [2.24, 2.45) is 0 Å². The monoisotopic (exact) mass is 211 g/mol. The standard InChI is InChI=1S/C10H17N3O2/c1-12-5-6-13(7-9(12)14)10(15)8-3-2-4-11-8/h8,11H,2-7H2,1H3/t8-/m1/s1. The first-order valence-electron chi connectivity index (χ1n) is 5.44. The predicted molar refractivity (Wildman–Crippen MR) is 55.2 cm³/mol. The Bertz CT molecular complexity index is 274. The molecule has 0 aromatic carbocycles. The van der Waals surface area contributed by atoms with Gasteiger partial charge in [0.05, 0.1) is 12.6 Å². The van der Waals surface area contributed by atoms with E-state index in [1.807, 2.05) is 0 Å². The van der Waals surface area contributed by atoms with E-state index in [1.165, 1.54) is 0 Å². The second-order valence-corrected chi connectivity index (χ2v) is 4.22. The van der Waals surface area contributed by atoms with Crippen LogP contribution in [0.5, 0.6) is 0 Å². The van der Waals surface area contributed by atoms with Gasteiger partial charge in [0.25, 0.3) is 0 Å². The molecule has 0 spiro atoms. The van der Waals surface area contributed by atoms with Crippen LogP contribution in [-0.2, 0) is 9.59 Å². The zero-order valence-corrected chi connectivity index (χ0v) is 9.03. The summed E-state index contributed by atoms with van der Waals surface area (Å²) in [5.41, 5.74) is 0. The smallest absolute Gasteiger partial charge is 0.241 e. The first kappa shape index (κ1) is 10.4. The number of hydrogen-bond acceptors (Lipinski definition) is 3. The molecule has 2 saturated heterocycles. The van der Waals surface area contributed by atoms with Crippen molar-refractivity contribution in [3.05, 3.63) is 0 Å². The molecule has 5 heteroatoms. The van der Waals surface area contributed by atoms with Crippen molar-refractivity contribution in [2.75, 3.05) is 33.2 Å². The van der Waals surface area contributed by atoms with Gasteiger partial charge in [0.15, 0.2) is 0 Å². The molecular weight excluding hydrogens is 194 g/mol. The van der Waals surface area contributed by atoms with Crippen molar-refractivity contribution < 1.29 is 9.59 Å². The van der Waals surface area contributed by atoms with E-state index in [9.17, 15) is 9.59 Å². The summed E-state index contributed by atoms with van der Waals surface area (Å²) in [7, 11) is 1.78. The Morgan fingerprint density at radius 3 is 2.87 bits per heavy atom. The average molecular weight is 211 g/mol. The van der Waals surface area contributed by atoms with Crippen molar-refractivity contribution in [1.82, 2.24) is 15.1 Å². The summed E-state index contributed by atoms with van der Waals surface area (Å²) in [5.74, 6) is 0.126. The third kappa shape index (κ3) is 2.12. The van der Waals surface area contributed by atoms with Crippen LogP contribution in [0.4, 0.5) is 0 Å². The van der Waals surface area contributed by atoms with Gasteiger partial charge in [-0.05, 0) is 19.4 Å². The van der Waals surface area contributed by atoms with Crippen LogP contribution >= 0.6 is 0 Å². The van der Waals surface area contributed by atoms with Crippen LogP contribution in [0.1, 0.15) is 12.8 Å². The third-order valence-electron chi connectivity index (χ3n) is 3.13. The van der Waals surface area contributed by atoms with E-state index in [0.717, 1.165) is 19.4 Å². The highest BCUT2D eigenvalue weighted by atomic mass is 16.2. The summed E-state index contributed by atoms with van der Waals surface area (Å²) < 4.78 is 0. The number of piperazine rings is 1. The third-order valence-corrected chi connectivity index (χ3v) is 3.13. The van der Waals surface area contributed by atoms with Crippen LogP contribution in [0, 0.1) is 0 Å². The van der Waals surface area contributed by atoms with E-state index in [0.29, 0.717) is 13.1 Å². The quantitative estimate of drug-likeness (QED) is 0.608. The minimum Gasteiger partial charge on any atom is -0.342 e. The molecule has 0 saturated carbocycles. The minimum absolute atomic E-state index is 0.0348. The molecule has 5 nitrogen and oxygen atoms in total. The minimum atomic E-state index is -0.0544. The van der Waals surface area contributed by atoms with E-state index in [-0.39, 0.29) is 24.4 Å². The van der Waals surface area contributed by atoms with Crippen LogP contribution in [0.25, 0.3) is 0 Å². The van der Waals surface area contributed by atoms with Gasteiger partial charge in [-0.15, -0.1) is 0 Å². The summed E-state index contributed by atoms with van der Waals surface area (Å²) in [4.78, 5) is 26.7. The lowest BCUT2D eigenvalue weighted by atomic mass is 10.2. The Kier molecular flexibility index (Phi) is 2.90. The van der Waals surface area contributed by atoms with Crippen molar-refractivity contribution in [3.63, 3.8) is 0 Å². The molecule has 2 aliphatic rings. The maximum atomic E-state index is 11.9. The normalized spacial score (nSPS) is 27.3. The highest BCUT2D eigenvalue weighted by Crippen LogP contribution is 2.10. The summed E-state index contributed by atoms with van der Waals surface area (Å²) in [6.45, 7) is 2.47. The van der Waals surface area contributed by atoms with Crippen molar-refractivity contribution in [2.45, 2.75) is 18.9 Å². The molecule has 0 aromatic rings. The number of nitrogens with one attached hydrogen (secondary N) is 1. The Balaban J connectivity index is 1.93. The van der Waals surface area contributed by atoms with Gasteiger partial charge in [-0.1, -0.05) is 0 Å². The summed E-state index contributed by atoms with van der Waals surface area (Å²) in [6, 6.07) is -0.0544. The number of likely N-dealkylation sites (N-methyl/N-ethyl adjacent to an activating group) is 1. The zero-order chi connectivity index (χ0) is 10.8. The van der Waals surface area contributed by atoms with E-state index in [1.54, 1.807) is 16.8 Å². The second kappa shape index (κ2) is 4.18.